The molecule has 1 aliphatic heterocycles. The number of amides is 1. The Bertz CT molecular complexity index is 1160. The molecule has 3 aromatic carbocycles. The summed E-state index contributed by atoms with van der Waals surface area (Å²) in [5, 5.41) is 11.2. The number of hydrogen-bond acceptors (Lipinski definition) is 4. The molecule has 0 saturated carbocycles. The molecule has 5 nitrogen and oxygen atoms in total. The van der Waals surface area contributed by atoms with E-state index in [9.17, 15) is 14.7 Å². The van der Waals surface area contributed by atoms with E-state index in [2.05, 4.69) is 15.9 Å². The first-order valence-corrected chi connectivity index (χ1v) is 10.6. The van der Waals surface area contributed by atoms with E-state index in [0.29, 0.717) is 29.2 Å². The zero-order valence-corrected chi connectivity index (χ0v) is 18.4. The van der Waals surface area contributed by atoms with Gasteiger partial charge in [0.05, 0.1) is 18.2 Å². The Balaban J connectivity index is 1.91. The van der Waals surface area contributed by atoms with Crippen molar-refractivity contribution in [2.45, 2.75) is 13.0 Å². The molecule has 1 heterocycles. The number of hydrogen-bond donors (Lipinski definition) is 1. The van der Waals surface area contributed by atoms with Gasteiger partial charge in [-0.2, -0.15) is 0 Å². The lowest BCUT2D eigenvalue weighted by Gasteiger charge is -2.25. The number of ether oxygens (including phenoxy) is 1. The molecule has 1 unspecified atom stereocenters. The van der Waals surface area contributed by atoms with Crippen LogP contribution in [0.5, 0.6) is 5.75 Å². The van der Waals surface area contributed by atoms with Crippen molar-refractivity contribution in [3.05, 3.63) is 100 Å². The zero-order chi connectivity index (χ0) is 22.0. The molecule has 0 spiro atoms. The Hall–Kier alpha value is -3.38. The molecule has 156 valence electrons. The summed E-state index contributed by atoms with van der Waals surface area (Å²) in [6.45, 7) is 2.34. The number of aliphatic hydroxyl groups excluding tert-OH is 1. The van der Waals surface area contributed by atoms with E-state index in [1.807, 2.05) is 37.3 Å². The summed E-state index contributed by atoms with van der Waals surface area (Å²) in [6, 6.07) is 22.4. The van der Waals surface area contributed by atoms with Gasteiger partial charge < -0.3 is 9.84 Å². The van der Waals surface area contributed by atoms with Crippen LogP contribution < -0.4 is 9.64 Å². The third kappa shape index (κ3) is 3.99. The van der Waals surface area contributed by atoms with Crippen LogP contribution in [0.15, 0.2) is 88.9 Å². The third-order valence-corrected chi connectivity index (χ3v) is 5.61. The lowest BCUT2D eigenvalue weighted by molar-refractivity contribution is -0.132. The second-order valence-corrected chi connectivity index (χ2v) is 7.93. The number of aliphatic hydroxyl groups is 1. The summed E-state index contributed by atoms with van der Waals surface area (Å²) < 4.78 is 6.39. The van der Waals surface area contributed by atoms with Crippen molar-refractivity contribution in [3.63, 3.8) is 0 Å². The Morgan fingerprint density at radius 3 is 2.39 bits per heavy atom. The van der Waals surface area contributed by atoms with Crippen molar-refractivity contribution in [2.75, 3.05) is 11.5 Å². The molecule has 4 rings (SSSR count). The van der Waals surface area contributed by atoms with Gasteiger partial charge in [0.1, 0.15) is 11.5 Å². The summed E-state index contributed by atoms with van der Waals surface area (Å²) in [7, 11) is 0. The van der Waals surface area contributed by atoms with Crippen LogP contribution >= 0.6 is 15.9 Å². The zero-order valence-electron chi connectivity index (χ0n) is 16.8. The molecule has 6 heteroatoms. The summed E-state index contributed by atoms with van der Waals surface area (Å²) in [5.74, 6) is -1.06. The molecule has 31 heavy (non-hydrogen) atoms. The quantitative estimate of drug-likeness (QED) is 0.300. The first-order valence-electron chi connectivity index (χ1n) is 9.86. The van der Waals surface area contributed by atoms with Crippen LogP contribution in [-0.4, -0.2) is 23.4 Å². The number of benzene rings is 3. The van der Waals surface area contributed by atoms with Crippen LogP contribution in [0.25, 0.3) is 5.76 Å². The number of ketones is 1. The largest absolute Gasteiger partial charge is 0.507 e. The van der Waals surface area contributed by atoms with Gasteiger partial charge in [-0.3, -0.25) is 14.5 Å². The van der Waals surface area contributed by atoms with E-state index in [4.69, 9.17) is 4.74 Å². The number of Topliss-reactive ketones (excluding diaryl/α,β-unsaturated/α-hetero) is 1. The molecule has 1 aliphatic rings. The normalized spacial score (nSPS) is 17.7. The molecule has 0 aromatic heterocycles. The lowest BCUT2D eigenvalue weighted by Crippen LogP contribution is -2.29. The highest BCUT2D eigenvalue weighted by atomic mass is 79.9. The number of rotatable bonds is 5. The summed E-state index contributed by atoms with van der Waals surface area (Å²) in [4.78, 5) is 27.6. The highest BCUT2D eigenvalue weighted by molar-refractivity contribution is 9.10. The van der Waals surface area contributed by atoms with E-state index in [1.54, 1.807) is 48.5 Å². The van der Waals surface area contributed by atoms with Crippen molar-refractivity contribution in [3.8, 4) is 5.75 Å². The number of halogens is 1. The van der Waals surface area contributed by atoms with Crippen LogP contribution in [0.4, 0.5) is 5.69 Å². The molecule has 0 radical (unpaired) electrons. The topological polar surface area (TPSA) is 66.8 Å². The average molecular weight is 478 g/mol. The summed E-state index contributed by atoms with van der Waals surface area (Å²) in [6.07, 6.45) is 0. The van der Waals surface area contributed by atoms with Gasteiger partial charge in [-0.15, -0.1) is 0 Å². The van der Waals surface area contributed by atoms with Crippen molar-refractivity contribution in [2.24, 2.45) is 0 Å². The fourth-order valence-corrected chi connectivity index (χ4v) is 3.97. The Labute approximate surface area is 188 Å². The van der Waals surface area contributed by atoms with Crippen LogP contribution in [0.1, 0.15) is 24.1 Å². The van der Waals surface area contributed by atoms with E-state index in [0.717, 1.165) is 4.47 Å². The first-order chi connectivity index (χ1) is 15.0. The van der Waals surface area contributed by atoms with Crippen LogP contribution in [0.2, 0.25) is 0 Å². The fraction of sp³-hybridized carbons (Fsp3) is 0.120. The SMILES string of the molecule is CCOc1cccc(/C(O)=C2/C(=O)C(=O)N(c3ccccc3)C2c2ccc(Br)cc2)c1. The maximum Gasteiger partial charge on any atom is 0.300 e. The van der Waals surface area contributed by atoms with Crippen LogP contribution in [0, 0.1) is 0 Å². The standard InChI is InChI=1S/C25H20BrNO4/c1-2-31-20-10-6-7-17(15-20)23(28)21-22(16-11-13-18(26)14-12-16)27(25(30)24(21)29)19-8-4-3-5-9-19/h3-15,22,28H,2H2,1H3/b23-21-. The third-order valence-electron chi connectivity index (χ3n) is 5.08. The van der Waals surface area contributed by atoms with Gasteiger partial charge in [-0.1, -0.05) is 58.4 Å². The van der Waals surface area contributed by atoms with E-state index in [1.165, 1.54) is 4.90 Å². The van der Waals surface area contributed by atoms with Crippen LogP contribution in [-0.2, 0) is 9.59 Å². The molecule has 3 aromatic rings. The Morgan fingerprint density at radius 2 is 1.71 bits per heavy atom. The second-order valence-electron chi connectivity index (χ2n) is 7.02. The molecular weight excluding hydrogens is 458 g/mol. The molecule has 1 amide bonds. The van der Waals surface area contributed by atoms with Crippen molar-refractivity contribution >= 4 is 39.1 Å². The predicted octanol–water partition coefficient (Wildman–Crippen LogP) is 5.47. The number of carbonyl (C=O) groups is 2. The fourth-order valence-electron chi connectivity index (χ4n) is 3.70. The number of carbonyl (C=O) groups excluding carboxylic acids is 2. The molecule has 1 atom stereocenters. The van der Waals surface area contributed by atoms with Crippen molar-refractivity contribution in [1.29, 1.82) is 0 Å². The minimum absolute atomic E-state index is 0.0461. The number of nitrogens with zero attached hydrogens (tertiary/aromatic N) is 1. The van der Waals surface area contributed by atoms with E-state index < -0.39 is 17.7 Å². The van der Waals surface area contributed by atoms with E-state index >= 15 is 0 Å². The minimum atomic E-state index is -0.758. The molecule has 0 aliphatic carbocycles. The van der Waals surface area contributed by atoms with Gasteiger partial charge in [0.15, 0.2) is 0 Å². The predicted molar refractivity (Wildman–Crippen MR) is 123 cm³/mol. The highest BCUT2D eigenvalue weighted by Crippen LogP contribution is 2.42. The molecule has 1 fully saturated rings. The monoisotopic (exact) mass is 477 g/mol. The molecular formula is C25H20BrNO4. The van der Waals surface area contributed by atoms with Crippen LogP contribution in [0.3, 0.4) is 0 Å². The minimum Gasteiger partial charge on any atom is -0.507 e. The van der Waals surface area contributed by atoms with Gasteiger partial charge >= 0.3 is 0 Å². The molecule has 1 saturated heterocycles. The van der Waals surface area contributed by atoms with Crippen molar-refractivity contribution in [1.82, 2.24) is 0 Å². The number of para-hydroxylation sites is 1. The Kier molecular flexibility index (Phi) is 5.91. The highest BCUT2D eigenvalue weighted by Gasteiger charge is 2.46. The summed E-state index contributed by atoms with van der Waals surface area (Å²) in [5.41, 5.74) is 1.76. The maximum absolute atomic E-state index is 13.1. The maximum atomic E-state index is 13.1. The Morgan fingerprint density at radius 1 is 1.00 bits per heavy atom. The van der Waals surface area contributed by atoms with Gasteiger partial charge in [-0.05, 0) is 48.9 Å². The summed E-state index contributed by atoms with van der Waals surface area (Å²) >= 11 is 3.42. The van der Waals surface area contributed by atoms with E-state index in [-0.39, 0.29) is 11.3 Å². The van der Waals surface area contributed by atoms with Gasteiger partial charge in [-0.25, -0.2) is 0 Å². The molecule has 0 bridgehead atoms. The lowest BCUT2D eigenvalue weighted by atomic mass is 9.95. The average Bonchev–Trinajstić information content (AvgIpc) is 3.05. The smallest absolute Gasteiger partial charge is 0.300 e. The second kappa shape index (κ2) is 8.78. The number of anilines is 1. The molecule has 1 N–H and O–H groups in total. The van der Waals surface area contributed by atoms with Gasteiger partial charge in [0, 0.05) is 15.7 Å². The first kappa shape index (κ1) is 20.9. The van der Waals surface area contributed by atoms with Gasteiger partial charge in [0.25, 0.3) is 11.7 Å². The van der Waals surface area contributed by atoms with Gasteiger partial charge in [0.2, 0.25) is 0 Å². The van der Waals surface area contributed by atoms with Crippen molar-refractivity contribution < 1.29 is 19.4 Å².